The molecule has 1 aromatic rings. The normalized spacial score (nSPS) is 19.4. The number of pyridine rings is 1. The van der Waals surface area contributed by atoms with Crippen LogP contribution in [0, 0.1) is 28.9 Å². The number of hydrogen-bond donors (Lipinski definition) is 0. The molecular weight excluding hydrogens is 240 g/mol. The highest BCUT2D eigenvalue weighted by atomic mass is 19.1. The third-order valence-corrected chi connectivity index (χ3v) is 2.90. The van der Waals surface area contributed by atoms with Crippen molar-refractivity contribution in [1.82, 2.24) is 9.88 Å². The van der Waals surface area contributed by atoms with Gasteiger partial charge in [0.1, 0.15) is 5.82 Å². The van der Waals surface area contributed by atoms with E-state index in [9.17, 15) is 13.6 Å². The first-order valence-electron chi connectivity index (χ1n) is 5.61. The Morgan fingerprint density at radius 1 is 1.56 bits per heavy atom. The highest BCUT2D eigenvalue weighted by molar-refractivity contribution is 5.92. The lowest BCUT2D eigenvalue weighted by Crippen LogP contribution is -2.40. The Kier molecular flexibility index (Phi) is 3.51. The maximum atomic E-state index is 13.4. The van der Waals surface area contributed by atoms with Gasteiger partial charge in [-0.05, 0) is 12.8 Å². The molecule has 0 unspecified atom stereocenters. The molecule has 1 amide bonds. The summed E-state index contributed by atoms with van der Waals surface area (Å²) in [6, 6.07) is 2.73. The van der Waals surface area contributed by atoms with Crippen LogP contribution < -0.4 is 0 Å². The Hall–Kier alpha value is -2.03. The summed E-state index contributed by atoms with van der Waals surface area (Å²) in [5.74, 6) is -2.62. The van der Waals surface area contributed by atoms with Gasteiger partial charge in [0.25, 0.3) is 5.91 Å². The minimum atomic E-state index is -0.973. The molecule has 0 aromatic carbocycles. The number of carbonyl (C=O) groups is 1. The number of carbonyl (C=O) groups excluding carboxylic acids is 1. The zero-order valence-corrected chi connectivity index (χ0v) is 9.57. The molecule has 0 spiro atoms. The number of likely N-dealkylation sites (tertiary alicyclic amines) is 1. The number of piperidine rings is 1. The van der Waals surface area contributed by atoms with Crippen LogP contribution in [-0.2, 0) is 0 Å². The number of nitrogens with zero attached hydrogens (tertiary/aromatic N) is 3. The summed E-state index contributed by atoms with van der Waals surface area (Å²) in [6.45, 7) is 0.739. The lowest BCUT2D eigenvalue weighted by Gasteiger charge is -2.29. The highest BCUT2D eigenvalue weighted by Gasteiger charge is 2.26. The molecule has 0 saturated carbocycles. The van der Waals surface area contributed by atoms with Gasteiger partial charge in [0.2, 0.25) is 0 Å². The molecule has 0 N–H and O–H groups in total. The first-order valence-corrected chi connectivity index (χ1v) is 5.61. The van der Waals surface area contributed by atoms with Crippen LogP contribution in [0.1, 0.15) is 23.3 Å². The van der Waals surface area contributed by atoms with Crippen LogP contribution in [0.2, 0.25) is 0 Å². The zero-order chi connectivity index (χ0) is 13.1. The van der Waals surface area contributed by atoms with Gasteiger partial charge in [-0.1, -0.05) is 0 Å². The maximum absolute atomic E-state index is 13.4. The van der Waals surface area contributed by atoms with Crippen LogP contribution in [0.3, 0.4) is 0 Å². The van der Waals surface area contributed by atoms with Crippen LogP contribution in [0.5, 0.6) is 0 Å². The maximum Gasteiger partial charge on any atom is 0.275 e. The van der Waals surface area contributed by atoms with E-state index in [2.05, 4.69) is 11.1 Å². The summed E-state index contributed by atoms with van der Waals surface area (Å²) in [5, 5.41) is 8.82. The standard InChI is InChI=1S/C12H11F2N3O/c13-9-4-10(14)11(16-6-9)12(18)17-3-1-2-8(5-15)7-17/h4,6,8H,1-3,7H2/t8-/m1/s1. The van der Waals surface area contributed by atoms with Crippen molar-refractivity contribution in [2.75, 3.05) is 13.1 Å². The van der Waals surface area contributed by atoms with Gasteiger partial charge in [0.15, 0.2) is 11.5 Å². The third kappa shape index (κ3) is 2.45. The number of aromatic nitrogens is 1. The summed E-state index contributed by atoms with van der Waals surface area (Å²) in [6.07, 6.45) is 2.24. The van der Waals surface area contributed by atoms with Crippen LogP contribution >= 0.6 is 0 Å². The monoisotopic (exact) mass is 251 g/mol. The number of rotatable bonds is 1. The molecule has 1 aliphatic rings. The van der Waals surface area contributed by atoms with Gasteiger partial charge in [0.05, 0.1) is 18.2 Å². The van der Waals surface area contributed by atoms with Gasteiger partial charge in [-0.2, -0.15) is 5.26 Å². The van der Waals surface area contributed by atoms with Crippen molar-refractivity contribution in [1.29, 1.82) is 5.26 Å². The van der Waals surface area contributed by atoms with E-state index in [0.717, 1.165) is 12.6 Å². The van der Waals surface area contributed by atoms with Gasteiger partial charge in [-0.3, -0.25) is 4.79 Å². The minimum Gasteiger partial charge on any atom is -0.336 e. The van der Waals surface area contributed by atoms with Gasteiger partial charge >= 0.3 is 0 Å². The van der Waals surface area contributed by atoms with Crippen LogP contribution in [-0.4, -0.2) is 28.9 Å². The number of halogens is 2. The van der Waals surface area contributed by atoms with Crippen molar-refractivity contribution in [2.24, 2.45) is 5.92 Å². The predicted molar refractivity (Wildman–Crippen MR) is 58.4 cm³/mol. The van der Waals surface area contributed by atoms with E-state index in [-0.39, 0.29) is 12.5 Å². The molecule has 2 heterocycles. The molecule has 1 aliphatic heterocycles. The highest BCUT2D eigenvalue weighted by Crippen LogP contribution is 2.18. The fourth-order valence-electron chi connectivity index (χ4n) is 1.99. The second-order valence-electron chi connectivity index (χ2n) is 4.20. The Bertz CT molecular complexity index is 513. The van der Waals surface area contributed by atoms with Gasteiger partial charge < -0.3 is 4.90 Å². The van der Waals surface area contributed by atoms with Crippen molar-refractivity contribution >= 4 is 5.91 Å². The molecule has 4 nitrogen and oxygen atoms in total. The van der Waals surface area contributed by atoms with E-state index < -0.39 is 23.2 Å². The van der Waals surface area contributed by atoms with Gasteiger partial charge in [-0.15, -0.1) is 0 Å². The summed E-state index contributed by atoms with van der Waals surface area (Å²) in [7, 11) is 0. The zero-order valence-electron chi connectivity index (χ0n) is 9.57. The van der Waals surface area contributed by atoms with E-state index in [0.29, 0.717) is 19.0 Å². The number of nitriles is 1. The first kappa shape index (κ1) is 12.4. The van der Waals surface area contributed by atoms with E-state index >= 15 is 0 Å². The molecule has 0 aliphatic carbocycles. The van der Waals surface area contributed by atoms with Crippen LogP contribution in [0.4, 0.5) is 8.78 Å². The van der Waals surface area contributed by atoms with Gasteiger partial charge in [0, 0.05) is 19.2 Å². The topological polar surface area (TPSA) is 57.0 Å². The van der Waals surface area contributed by atoms with Crippen molar-refractivity contribution in [3.05, 3.63) is 29.6 Å². The van der Waals surface area contributed by atoms with Gasteiger partial charge in [-0.25, -0.2) is 13.8 Å². The van der Waals surface area contributed by atoms with Crippen LogP contribution in [0.25, 0.3) is 0 Å². The largest absolute Gasteiger partial charge is 0.336 e. The molecule has 0 radical (unpaired) electrons. The van der Waals surface area contributed by atoms with Crippen molar-refractivity contribution in [3.63, 3.8) is 0 Å². The van der Waals surface area contributed by atoms with E-state index in [4.69, 9.17) is 5.26 Å². The lowest BCUT2D eigenvalue weighted by molar-refractivity contribution is 0.0687. The number of amides is 1. The minimum absolute atomic E-state index is 0.230. The third-order valence-electron chi connectivity index (χ3n) is 2.90. The van der Waals surface area contributed by atoms with E-state index in [1.54, 1.807) is 0 Å². The second-order valence-corrected chi connectivity index (χ2v) is 4.20. The fraction of sp³-hybridized carbons (Fsp3) is 0.417. The SMILES string of the molecule is N#C[C@H]1CCCN(C(=O)c2ncc(F)cc2F)C1. The lowest BCUT2D eigenvalue weighted by atomic mass is 9.99. The molecule has 1 fully saturated rings. The van der Waals surface area contributed by atoms with E-state index in [1.807, 2.05) is 0 Å². The molecule has 1 aromatic heterocycles. The summed E-state index contributed by atoms with van der Waals surface area (Å²) in [4.78, 5) is 16.9. The average Bonchev–Trinajstić information content (AvgIpc) is 2.38. The van der Waals surface area contributed by atoms with E-state index in [1.165, 1.54) is 4.90 Å². The fourth-order valence-corrected chi connectivity index (χ4v) is 1.99. The Morgan fingerprint density at radius 3 is 3.00 bits per heavy atom. The summed E-state index contributed by atoms with van der Waals surface area (Å²) in [5.41, 5.74) is -0.394. The molecule has 1 saturated heterocycles. The quantitative estimate of drug-likeness (QED) is 0.763. The molecule has 1 atom stereocenters. The molecule has 94 valence electrons. The summed E-state index contributed by atoms with van der Waals surface area (Å²) >= 11 is 0. The average molecular weight is 251 g/mol. The second kappa shape index (κ2) is 5.08. The predicted octanol–water partition coefficient (Wildman–Crippen LogP) is 1.74. The van der Waals surface area contributed by atoms with Crippen LogP contribution in [0.15, 0.2) is 12.3 Å². The number of hydrogen-bond acceptors (Lipinski definition) is 3. The molecule has 0 bridgehead atoms. The molecule has 6 heteroatoms. The molecular formula is C12H11F2N3O. The molecule has 18 heavy (non-hydrogen) atoms. The van der Waals surface area contributed by atoms with Crippen molar-refractivity contribution < 1.29 is 13.6 Å². The summed E-state index contributed by atoms with van der Waals surface area (Å²) < 4.78 is 26.1. The Balaban J connectivity index is 2.18. The Morgan fingerprint density at radius 2 is 2.33 bits per heavy atom. The smallest absolute Gasteiger partial charge is 0.275 e. The first-order chi connectivity index (χ1) is 8.61. The molecule has 2 rings (SSSR count). The van der Waals surface area contributed by atoms with Crippen molar-refractivity contribution in [3.8, 4) is 6.07 Å². The van der Waals surface area contributed by atoms with Crippen molar-refractivity contribution in [2.45, 2.75) is 12.8 Å². The Labute approximate surface area is 103 Å².